The number of carbonyl (C=O) groups excluding carboxylic acids is 2. The smallest absolute Gasteiger partial charge is 0.321 e. The van der Waals surface area contributed by atoms with E-state index in [1.807, 2.05) is 24.1 Å². The fourth-order valence-corrected chi connectivity index (χ4v) is 3.06. The van der Waals surface area contributed by atoms with Crippen LogP contribution in [-0.2, 0) is 11.3 Å². The summed E-state index contributed by atoms with van der Waals surface area (Å²) in [6.07, 6.45) is 7.93. The molecule has 1 aliphatic rings. The molecule has 0 spiro atoms. The zero-order valence-corrected chi connectivity index (χ0v) is 15.3. The van der Waals surface area contributed by atoms with Crippen LogP contribution in [0.15, 0.2) is 35.9 Å². The lowest BCUT2D eigenvalue weighted by Gasteiger charge is -2.17. The maximum atomic E-state index is 12.0. The van der Waals surface area contributed by atoms with Gasteiger partial charge in [0, 0.05) is 13.1 Å². The third kappa shape index (κ3) is 7.10. The number of carbonyl (C=O) groups is 2. The van der Waals surface area contributed by atoms with Gasteiger partial charge in [-0.15, -0.1) is 0 Å². The zero-order valence-electron chi connectivity index (χ0n) is 15.3. The average molecular weight is 343 g/mol. The molecule has 2 N–H and O–H groups in total. The Morgan fingerprint density at radius 3 is 2.72 bits per heavy atom. The molecular formula is C20H29N3O2. The summed E-state index contributed by atoms with van der Waals surface area (Å²) in [4.78, 5) is 25.7. The molecule has 0 saturated carbocycles. The third-order valence-corrected chi connectivity index (χ3v) is 4.48. The summed E-state index contributed by atoms with van der Waals surface area (Å²) in [6, 6.07) is 7.69. The number of imide groups is 1. The van der Waals surface area contributed by atoms with Crippen molar-refractivity contribution in [3.63, 3.8) is 0 Å². The molecule has 2 rings (SSSR count). The average Bonchev–Trinajstić information content (AvgIpc) is 2.57. The van der Waals surface area contributed by atoms with E-state index in [9.17, 15) is 9.59 Å². The van der Waals surface area contributed by atoms with Crippen molar-refractivity contribution in [3.8, 4) is 0 Å². The van der Waals surface area contributed by atoms with E-state index in [-0.39, 0.29) is 12.5 Å². The Morgan fingerprint density at radius 2 is 2.00 bits per heavy atom. The van der Waals surface area contributed by atoms with Gasteiger partial charge in [0.2, 0.25) is 5.91 Å². The Balaban J connectivity index is 1.65. The van der Waals surface area contributed by atoms with Gasteiger partial charge in [0.15, 0.2) is 0 Å². The summed E-state index contributed by atoms with van der Waals surface area (Å²) < 4.78 is 0. The fraction of sp³-hybridized carbons (Fsp3) is 0.500. The van der Waals surface area contributed by atoms with Crippen LogP contribution in [0.2, 0.25) is 0 Å². The second-order valence-electron chi connectivity index (χ2n) is 6.76. The molecule has 0 saturated heterocycles. The van der Waals surface area contributed by atoms with Crippen LogP contribution in [0.3, 0.4) is 0 Å². The topological polar surface area (TPSA) is 61.4 Å². The second-order valence-corrected chi connectivity index (χ2v) is 6.76. The van der Waals surface area contributed by atoms with Gasteiger partial charge in [-0.25, -0.2) is 4.79 Å². The van der Waals surface area contributed by atoms with Crippen LogP contribution in [0, 0.1) is 6.92 Å². The van der Waals surface area contributed by atoms with Crippen molar-refractivity contribution >= 4 is 11.9 Å². The van der Waals surface area contributed by atoms with Gasteiger partial charge in [-0.2, -0.15) is 0 Å². The summed E-state index contributed by atoms with van der Waals surface area (Å²) in [5.41, 5.74) is 3.79. The number of hydrogen-bond donors (Lipinski definition) is 2. The first-order chi connectivity index (χ1) is 12.0. The molecule has 0 fully saturated rings. The van der Waals surface area contributed by atoms with Crippen molar-refractivity contribution in [2.75, 3.05) is 20.1 Å². The van der Waals surface area contributed by atoms with Gasteiger partial charge in [-0.3, -0.25) is 15.0 Å². The van der Waals surface area contributed by atoms with Gasteiger partial charge in [0.25, 0.3) is 0 Å². The van der Waals surface area contributed by atoms with E-state index in [1.54, 1.807) is 0 Å². The minimum atomic E-state index is -0.411. The Labute approximate surface area is 150 Å². The van der Waals surface area contributed by atoms with E-state index in [4.69, 9.17) is 0 Å². The first-order valence-electron chi connectivity index (χ1n) is 9.03. The number of urea groups is 1. The van der Waals surface area contributed by atoms with E-state index >= 15 is 0 Å². The first-order valence-corrected chi connectivity index (χ1v) is 9.03. The maximum Gasteiger partial charge on any atom is 0.321 e. The molecule has 25 heavy (non-hydrogen) atoms. The number of nitrogens with one attached hydrogen (secondary N) is 2. The number of rotatable bonds is 7. The maximum absolute atomic E-state index is 12.0. The Morgan fingerprint density at radius 1 is 1.20 bits per heavy atom. The normalized spacial score (nSPS) is 14.1. The van der Waals surface area contributed by atoms with E-state index in [0.717, 1.165) is 19.3 Å². The lowest BCUT2D eigenvalue weighted by Crippen LogP contribution is -2.44. The molecule has 136 valence electrons. The van der Waals surface area contributed by atoms with Crippen LogP contribution >= 0.6 is 0 Å². The Bertz CT molecular complexity index is 625. The van der Waals surface area contributed by atoms with Crippen molar-refractivity contribution in [3.05, 3.63) is 47.0 Å². The molecule has 1 aromatic rings. The number of nitrogens with zero attached hydrogens (tertiary/aromatic N) is 1. The number of aryl methyl sites for hydroxylation is 1. The van der Waals surface area contributed by atoms with Gasteiger partial charge >= 0.3 is 6.03 Å². The second kappa shape index (κ2) is 9.99. The molecule has 5 nitrogen and oxygen atoms in total. The summed E-state index contributed by atoms with van der Waals surface area (Å²) in [7, 11) is 1.87. The molecule has 0 atom stereocenters. The first kappa shape index (κ1) is 19.2. The lowest BCUT2D eigenvalue weighted by atomic mass is 9.97. The van der Waals surface area contributed by atoms with Crippen LogP contribution in [-0.4, -0.2) is 37.0 Å². The molecule has 0 radical (unpaired) electrons. The summed E-state index contributed by atoms with van der Waals surface area (Å²) in [6.45, 7) is 3.49. The lowest BCUT2D eigenvalue weighted by molar-refractivity contribution is -0.120. The quantitative estimate of drug-likeness (QED) is 0.748. The van der Waals surface area contributed by atoms with E-state index in [1.165, 1.54) is 29.5 Å². The van der Waals surface area contributed by atoms with Crippen LogP contribution < -0.4 is 10.6 Å². The Kier molecular flexibility index (Phi) is 7.67. The van der Waals surface area contributed by atoms with Crippen LogP contribution in [0.25, 0.3) is 0 Å². The number of likely N-dealkylation sites (N-methyl/N-ethyl adjacent to an activating group) is 1. The van der Waals surface area contributed by atoms with Crippen molar-refractivity contribution < 1.29 is 9.59 Å². The molecule has 0 aliphatic heterocycles. The van der Waals surface area contributed by atoms with Gasteiger partial charge in [-0.1, -0.05) is 35.9 Å². The summed E-state index contributed by atoms with van der Waals surface area (Å²) in [5.74, 6) is -0.287. The molecule has 0 heterocycles. The summed E-state index contributed by atoms with van der Waals surface area (Å²) >= 11 is 0. The summed E-state index contributed by atoms with van der Waals surface area (Å²) in [5, 5.41) is 5.16. The molecule has 0 unspecified atom stereocenters. The minimum Gasteiger partial charge on any atom is -0.337 e. The van der Waals surface area contributed by atoms with Crippen LogP contribution in [0.5, 0.6) is 0 Å². The van der Waals surface area contributed by atoms with Gasteiger partial charge in [0.1, 0.15) is 0 Å². The standard InChI is InChI=1S/C20H29N3O2/c1-16-8-6-7-11-18(16)14-23(2)15-19(24)22-20(25)21-13-12-17-9-4-3-5-10-17/h6-9,11H,3-5,10,12-15H2,1-2H3,(H2,21,22,24,25). The van der Waals surface area contributed by atoms with E-state index in [0.29, 0.717) is 13.1 Å². The highest BCUT2D eigenvalue weighted by atomic mass is 16.2. The largest absolute Gasteiger partial charge is 0.337 e. The number of hydrogen-bond acceptors (Lipinski definition) is 3. The molecule has 5 heteroatoms. The molecule has 1 aromatic carbocycles. The number of amides is 3. The Hall–Kier alpha value is -2.14. The van der Waals surface area contributed by atoms with E-state index in [2.05, 4.69) is 35.8 Å². The van der Waals surface area contributed by atoms with Gasteiger partial charge < -0.3 is 5.32 Å². The predicted molar refractivity (Wildman–Crippen MR) is 100 cm³/mol. The highest BCUT2D eigenvalue weighted by Gasteiger charge is 2.11. The number of allylic oxidation sites excluding steroid dienone is 1. The monoisotopic (exact) mass is 343 g/mol. The van der Waals surface area contributed by atoms with Crippen molar-refractivity contribution in [2.45, 2.75) is 45.6 Å². The fourth-order valence-electron chi connectivity index (χ4n) is 3.06. The van der Waals surface area contributed by atoms with Gasteiger partial charge in [-0.05, 0) is 57.2 Å². The molecule has 0 aromatic heterocycles. The van der Waals surface area contributed by atoms with Crippen LogP contribution in [0.4, 0.5) is 4.79 Å². The highest BCUT2D eigenvalue weighted by molar-refractivity contribution is 5.95. The van der Waals surface area contributed by atoms with E-state index < -0.39 is 6.03 Å². The van der Waals surface area contributed by atoms with Crippen molar-refractivity contribution in [1.29, 1.82) is 0 Å². The molecule has 0 bridgehead atoms. The van der Waals surface area contributed by atoms with Gasteiger partial charge in [0.05, 0.1) is 6.54 Å². The number of benzene rings is 1. The predicted octanol–water partition coefficient (Wildman–Crippen LogP) is 3.14. The molecule has 3 amide bonds. The van der Waals surface area contributed by atoms with Crippen molar-refractivity contribution in [2.24, 2.45) is 0 Å². The van der Waals surface area contributed by atoms with Crippen molar-refractivity contribution in [1.82, 2.24) is 15.5 Å². The SMILES string of the molecule is Cc1ccccc1CN(C)CC(=O)NC(=O)NCCC1=CCCCC1. The van der Waals surface area contributed by atoms with Crippen LogP contribution in [0.1, 0.15) is 43.2 Å². The zero-order chi connectivity index (χ0) is 18.1. The highest BCUT2D eigenvalue weighted by Crippen LogP contribution is 2.19. The molecule has 1 aliphatic carbocycles. The third-order valence-electron chi connectivity index (χ3n) is 4.48. The minimum absolute atomic E-state index is 0.187. The molecular weight excluding hydrogens is 314 g/mol.